The molecule has 7 heteroatoms. The zero-order valence-electron chi connectivity index (χ0n) is 19.8. The van der Waals surface area contributed by atoms with Crippen LogP contribution in [-0.2, 0) is 14.3 Å². The average molecular weight is 475 g/mol. The molecule has 0 saturated carbocycles. The highest BCUT2D eigenvalue weighted by atomic mass is 16.5. The van der Waals surface area contributed by atoms with Gasteiger partial charge >= 0.3 is 12.1 Å². The molecule has 0 spiro atoms. The first-order chi connectivity index (χ1) is 16.9. The third-order valence-corrected chi connectivity index (χ3v) is 7.69. The van der Waals surface area contributed by atoms with Gasteiger partial charge in [0.2, 0.25) is 5.91 Å². The molecule has 7 nitrogen and oxygen atoms in total. The first-order valence-electron chi connectivity index (χ1n) is 12.2. The maximum Gasteiger partial charge on any atom is 0.407 e. The molecule has 3 aliphatic rings. The Labute approximate surface area is 204 Å². The minimum absolute atomic E-state index is 0.0202. The number of carboxylic acid groups (broad SMARTS) is 1. The van der Waals surface area contributed by atoms with Gasteiger partial charge in [-0.25, -0.2) is 9.59 Å². The number of hydrogen-bond acceptors (Lipinski definition) is 4. The lowest BCUT2D eigenvalue weighted by Crippen LogP contribution is -2.53. The molecule has 0 unspecified atom stereocenters. The van der Waals surface area contributed by atoms with E-state index in [4.69, 9.17) is 4.74 Å². The van der Waals surface area contributed by atoms with E-state index in [2.05, 4.69) is 29.6 Å². The van der Waals surface area contributed by atoms with Gasteiger partial charge in [-0.3, -0.25) is 4.79 Å². The summed E-state index contributed by atoms with van der Waals surface area (Å²) in [6.07, 6.45) is 5.34. The summed E-state index contributed by atoms with van der Waals surface area (Å²) in [5, 5.41) is 12.5. The van der Waals surface area contributed by atoms with Crippen molar-refractivity contribution in [1.82, 2.24) is 10.2 Å². The maximum atomic E-state index is 13.2. The summed E-state index contributed by atoms with van der Waals surface area (Å²) in [5.74, 6) is -1.51. The molecule has 1 heterocycles. The Morgan fingerprint density at radius 3 is 2.40 bits per heavy atom. The molecular weight excluding hydrogens is 444 g/mol. The Hall–Kier alpha value is -3.61. The fourth-order valence-electron chi connectivity index (χ4n) is 5.75. The lowest BCUT2D eigenvalue weighted by Gasteiger charge is -2.35. The maximum absolute atomic E-state index is 13.2. The van der Waals surface area contributed by atoms with Crippen LogP contribution in [-0.4, -0.2) is 52.7 Å². The number of nitrogens with zero attached hydrogens (tertiary/aromatic N) is 1. The lowest BCUT2D eigenvalue weighted by molar-refractivity contribution is -0.157. The van der Waals surface area contributed by atoms with E-state index in [1.165, 1.54) is 16.0 Å². The van der Waals surface area contributed by atoms with Gasteiger partial charge in [-0.05, 0) is 54.9 Å². The van der Waals surface area contributed by atoms with Crippen LogP contribution in [0.1, 0.15) is 49.7 Å². The fraction of sp³-hybridized carbons (Fsp3) is 0.393. The van der Waals surface area contributed by atoms with Crippen molar-refractivity contribution in [2.24, 2.45) is 5.92 Å². The Balaban J connectivity index is 1.20. The van der Waals surface area contributed by atoms with E-state index in [0.29, 0.717) is 32.2 Å². The number of fused-ring (bicyclic) bond motifs is 3. The van der Waals surface area contributed by atoms with E-state index < -0.39 is 17.6 Å². The predicted octanol–water partition coefficient (Wildman–Crippen LogP) is 4.33. The average Bonchev–Trinajstić information content (AvgIpc) is 3.41. The minimum Gasteiger partial charge on any atom is -0.480 e. The van der Waals surface area contributed by atoms with Gasteiger partial charge in [-0.1, -0.05) is 60.7 Å². The molecule has 2 amide bonds. The summed E-state index contributed by atoms with van der Waals surface area (Å²) >= 11 is 0. The number of ether oxygens (including phenoxy) is 1. The molecule has 2 aromatic rings. The SMILES string of the molecule is C[C@]1(C(=O)O)CCCN1C(=O)[C@@H]1CC=C[C@@H](NC(=O)OCC2c3ccccc3-c3ccccc32)C1. The third-order valence-electron chi connectivity index (χ3n) is 7.69. The highest BCUT2D eigenvalue weighted by molar-refractivity contribution is 5.89. The van der Waals surface area contributed by atoms with Crippen LogP contribution < -0.4 is 5.32 Å². The third kappa shape index (κ3) is 4.20. The second-order valence-electron chi connectivity index (χ2n) is 9.85. The second-order valence-corrected chi connectivity index (χ2v) is 9.85. The molecule has 0 radical (unpaired) electrons. The molecule has 2 N–H and O–H groups in total. The Morgan fingerprint density at radius 1 is 1.09 bits per heavy atom. The van der Waals surface area contributed by atoms with Crippen LogP contribution in [0.3, 0.4) is 0 Å². The number of rotatable bonds is 5. The topological polar surface area (TPSA) is 95.9 Å². The number of likely N-dealkylation sites (tertiary alicyclic amines) is 1. The summed E-state index contributed by atoms with van der Waals surface area (Å²) in [5.41, 5.74) is 3.48. The highest BCUT2D eigenvalue weighted by Gasteiger charge is 2.47. The van der Waals surface area contributed by atoms with Crippen LogP contribution in [0.25, 0.3) is 11.1 Å². The van der Waals surface area contributed by atoms with Crippen LogP contribution in [0.5, 0.6) is 0 Å². The van der Waals surface area contributed by atoms with E-state index in [1.807, 2.05) is 36.4 Å². The van der Waals surface area contributed by atoms with E-state index in [9.17, 15) is 19.5 Å². The number of carboxylic acids is 1. The van der Waals surface area contributed by atoms with Gasteiger partial charge < -0.3 is 20.1 Å². The monoisotopic (exact) mass is 474 g/mol. The molecule has 0 aromatic heterocycles. The number of hydrogen-bond donors (Lipinski definition) is 2. The molecule has 182 valence electrons. The Morgan fingerprint density at radius 2 is 1.74 bits per heavy atom. The van der Waals surface area contributed by atoms with Gasteiger partial charge in [-0.15, -0.1) is 0 Å². The Kier molecular flexibility index (Phi) is 6.09. The number of nitrogens with one attached hydrogen (secondary N) is 1. The smallest absolute Gasteiger partial charge is 0.407 e. The van der Waals surface area contributed by atoms with Crippen LogP contribution in [0.2, 0.25) is 0 Å². The summed E-state index contributed by atoms with van der Waals surface area (Å²) in [6, 6.07) is 16.0. The number of allylic oxidation sites excluding steroid dienone is 1. The van der Waals surface area contributed by atoms with Crippen molar-refractivity contribution < 1.29 is 24.2 Å². The Bertz CT molecular complexity index is 1150. The van der Waals surface area contributed by atoms with Gasteiger partial charge in [0.25, 0.3) is 0 Å². The number of carbonyl (C=O) groups excluding carboxylic acids is 2. The first kappa shape index (κ1) is 23.1. The number of benzene rings is 2. The molecule has 2 aromatic carbocycles. The molecular formula is C28H30N2O5. The highest BCUT2D eigenvalue weighted by Crippen LogP contribution is 2.44. The second kappa shape index (κ2) is 9.21. The molecule has 1 saturated heterocycles. The van der Waals surface area contributed by atoms with Crippen LogP contribution >= 0.6 is 0 Å². The van der Waals surface area contributed by atoms with Crippen molar-refractivity contribution in [3.63, 3.8) is 0 Å². The van der Waals surface area contributed by atoms with Crippen molar-refractivity contribution in [2.75, 3.05) is 13.2 Å². The van der Waals surface area contributed by atoms with E-state index in [0.717, 1.165) is 11.1 Å². The fourth-order valence-corrected chi connectivity index (χ4v) is 5.75. The quantitative estimate of drug-likeness (QED) is 0.629. The van der Waals surface area contributed by atoms with Gasteiger partial charge in [0, 0.05) is 18.4 Å². The molecule has 0 bridgehead atoms. The standard InChI is InChI=1S/C28H30N2O5/c1-28(26(32)33)14-7-15-30(28)25(31)18-8-6-9-19(16-18)29-27(34)35-17-24-22-12-4-2-10-20(22)21-11-3-5-13-23(21)24/h2-6,9-13,18-19,24H,7-8,14-17H2,1H3,(H,29,34)(H,32,33)/t18-,19-,28-/m1/s1. The van der Waals surface area contributed by atoms with Gasteiger partial charge in [-0.2, -0.15) is 0 Å². The number of carbonyl (C=O) groups is 3. The normalized spacial score (nSPS) is 25.1. The van der Waals surface area contributed by atoms with Crippen molar-refractivity contribution in [3.05, 3.63) is 71.8 Å². The number of amides is 2. The summed E-state index contributed by atoms with van der Waals surface area (Å²) in [6.45, 7) is 2.29. The van der Waals surface area contributed by atoms with E-state index >= 15 is 0 Å². The number of alkyl carbamates (subject to hydrolysis) is 1. The zero-order chi connectivity index (χ0) is 24.6. The molecule has 35 heavy (non-hydrogen) atoms. The number of aliphatic carboxylic acids is 1. The van der Waals surface area contributed by atoms with Crippen LogP contribution in [0.15, 0.2) is 60.7 Å². The largest absolute Gasteiger partial charge is 0.480 e. The van der Waals surface area contributed by atoms with E-state index in [1.54, 1.807) is 6.92 Å². The first-order valence-corrected chi connectivity index (χ1v) is 12.2. The summed E-state index contributed by atoms with van der Waals surface area (Å²) < 4.78 is 5.65. The molecule has 1 fully saturated rings. The van der Waals surface area contributed by atoms with Crippen molar-refractivity contribution in [1.29, 1.82) is 0 Å². The van der Waals surface area contributed by atoms with Gasteiger partial charge in [0.05, 0.1) is 6.04 Å². The molecule has 5 rings (SSSR count). The van der Waals surface area contributed by atoms with Crippen LogP contribution in [0, 0.1) is 5.92 Å². The van der Waals surface area contributed by atoms with Gasteiger partial charge in [0.1, 0.15) is 12.1 Å². The van der Waals surface area contributed by atoms with Crippen LogP contribution in [0.4, 0.5) is 4.79 Å². The van der Waals surface area contributed by atoms with Crippen molar-refractivity contribution in [3.8, 4) is 11.1 Å². The van der Waals surface area contributed by atoms with Crippen molar-refractivity contribution in [2.45, 2.75) is 50.1 Å². The van der Waals surface area contributed by atoms with Gasteiger partial charge in [0.15, 0.2) is 0 Å². The predicted molar refractivity (Wildman–Crippen MR) is 131 cm³/mol. The molecule has 1 aliphatic heterocycles. The lowest BCUT2D eigenvalue weighted by atomic mass is 9.88. The van der Waals surface area contributed by atoms with E-state index in [-0.39, 0.29) is 30.4 Å². The molecule has 3 atom stereocenters. The van der Waals surface area contributed by atoms with Crippen molar-refractivity contribution >= 4 is 18.0 Å². The summed E-state index contributed by atoms with van der Waals surface area (Å²) in [4.78, 5) is 39.1. The molecule has 2 aliphatic carbocycles. The minimum atomic E-state index is -1.16. The summed E-state index contributed by atoms with van der Waals surface area (Å²) in [7, 11) is 0. The zero-order valence-corrected chi connectivity index (χ0v) is 19.8.